The lowest BCUT2D eigenvalue weighted by Gasteiger charge is -2.42. The van der Waals surface area contributed by atoms with E-state index in [0.717, 1.165) is 24.2 Å². The standard InChI is InChI=1S/C35H38ClFN4O4.C2H6O.C2H6/c1-5-7-24-20-41(26(16-23(24)6-2)21-40-12-14-45-15-13-40)35(44)30-18-32(37)31(36)17-29(30)33-19-28(22(3)39(33)4)34(43)38-25-8-10-27(42)11-9-25;1-3-2;1-2/h5-11,17-19,26,42H,1,12-16,20-21H2,2-4H3,(H,38,43);1-2H3;1-2H3/b23-6-,24-7-;;/t26-;;/m0../s1. The molecule has 3 heterocycles. The zero-order chi connectivity index (χ0) is 37.0. The first-order valence-electron chi connectivity index (χ1n) is 16.8. The van der Waals surface area contributed by atoms with Crippen molar-refractivity contribution in [3.05, 3.63) is 106 Å². The van der Waals surface area contributed by atoms with E-state index < -0.39 is 5.82 Å². The number of allylic oxidation sites excluding steroid dienone is 3. The van der Waals surface area contributed by atoms with E-state index in [1.807, 2.05) is 31.7 Å². The van der Waals surface area contributed by atoms with Crippen molar-refractivity contribution >= 4 is 29.1 Å². The average Bonchev–Trinajstić information content (AvgIpc) is 3.42. The second kappa shape index (κ2) is 19.2. The van der Waals surface area contributed by atoms with Gasteiger partial charge in [0, 0.05) is 76.1 Å². The fourth-order valence-corrected chi connectivity index (χ4v) is 6.18. The molecule has 2 aliphatic rings. The van der Waals surface area contributed by atoms with Gasteiger partial charge in [0.05, 0.1) is 29.4 Å². The lowest BCUT2D eigenvalue weighted by atomic mass is 9.89. The van der Waals surface area contributed by atoms with Gasteiger partial charge in [-0.05, 0) is 73.9 Å². The number of carbonyl (C=O) groups is 2. The number of piperidine rings is 1. The third-order valence-corrected chi connectivity index (χ3v) is 8.91. The number of carbonyl (C=O) groups excluding carboxylic acids is 2. The monoisotopic (exact) mass is 708 g/mol. The van der Waals surface area contributed by atoms with E-state index in [1.165, 1.54) is 24.3 Å². The van der Waals surface area contributed by atoms with Gasteiger partial charge >= 0.3 is 0 Å². The maximum absolute atomic E-state index is 15.1. The molecule has 0 bridgehead atoms. The number of ether oxygens (including phenoxy) is 2. The first-order chi connectivity index (χ1) is 24.0. The topological polar surface area (TPSA) is 96.3 Å². The van der Waals surface area contributed by atoms with E-state index in [9.17, 15) is 14.7 Å². The summed E-state index contributed by atoms with van der Waals surface area (Å²) in [6.45, 7) is 15.5. The SMILES string of the molecule is C=C/C=C1/CN(C(=O)c2cc(F)c(Cl)cc2-c2cc(C(=O)Nc3ccc(O)cc3)c(C)n2C)[C@H](CN2CCOCC2)C/C1=C/C.CC.COC. The van der Waals surface area contributed by atoms with Gasteiger partial charge in [0.25, 0.3) is 11.8 Å². The number of benzene rings is 2. The molecule has 2 amide bonds. The molecule has 0 aliphatic carbocycles. The fourth-order valence-electron chi connectivity index (χ4n) is 6.02. The van der Waals surface area contributed by atoms with E-state index >= 15 is 4.39 Å². The van der Waals surface area contributed by atoms with Crippen molar-refractivity contribution in [2.45, 2.75) is 40.2 Å². The molecule has 0 radical (unpaired) electrons. The molecule has 50 heavy (non-hydrogen) atoms. The number of hydrogen-bond acceptors (Lipinski definition) is 6. The highest BCUT2D eigenvalue weighted by Gasteiger charge is 2.35. The van der Waals surface area contributed by atoms with Crippen molar-refractivity contribution in [1.29, 1.82) is 0 Å². The van der Waals surface area contributed by atoms with Crippen LogP contribution in [0.1, 0.15) is 53.6 Å². The smallest absolute Gasteiger partial charge is 0.257 e. The van der Waals surface area contributed by atoms with Gasteiger partial charge in [-0.3, -0.25) is 14.5 Å². The quantitative estimate of drug-likeness (QED) is 0.245. The van der Waals surface area contributed by atoms with Crippen LogP contribution < -0.4 is 5.32 Å². The molecule has 1 aromatic heterocycles. The summed E-state index contributed by atoms with van der Waals surface area (Å²) in [5.41, 5.74) is 4.83. The Hall–Kier alpha value is -4.22. The first kappa shape index (κ1) is 40.2. The lowest BCUT2D eigenvalue weighted by molar-refractivity contribution is 0.0214. The Balaban J connectivity index is 0.00000128. The molecule has 2 aromatic carbocycles. The highest BCUT2D eigenvalue weighted by atomic mass is 35.5. The predicted molar refractivity (Wildman–Crippen MR) is 200 cm³/mol. The van der Waals surface area contributed by atoms with Gasteiger partial charge in [-0.25, -0.2) is 4.39 Å². The molecule has 5 rings (SSSR count). The fraction of sp³-hybridized carbons (Fsp3) is 0.385. The number of rotatable bonds is 7. The van der Waals surface area contributed by atoms with Crippen LogP contribution in [0.4, 0.5) is 10.1 Å². The molecule has 3 aromatic rings. The Kier molecular flexibility index (Phi) is 15.5. The van der Waals surface area contributed by atoms with Gasteiger partial charge in [0.2, 0.25) is 0 Å². The minimum Gasteiger partial charge on any atom is -0.508 e. The van der Waals surface area contributed by atoms with E-state index in [4.69, 9.17) is 16.3 Å². The molecule has 0 spiro atoms. The van der Waals surface area contributed by atoms with Crippen molar-refractivity contribution < 1.29 is 28.6 Å². The second-order valence-corrected chi connectivity index (χ2v) is 12.2. The summed E-state index contributed by atoms with van der Waals surface area (Å²) < 4.78 is 26.7. The number of likely N-dealkylation sites (tertiary alicyclic amines) is 1. The van der Waals surface area contributed by atoms with Crippen molar-refractivity contribution in [3.8, 4) is 17.0 Å². The van der Waals surface area contributed by atoms with Crippen molar-refractivity contribution in [1.82, 2.24) is 14.4 Å². The van der Waals surface area contributed by atoms with E-state index in [2.05, 4.69) is 27.6 Å². The summed E-state index contributed by atoms with van der Waals surface area (Å²) in [6.07, 6.45) is 6.36. The number of nitrogens with zero attached hydrogens (tertiary/aromatic N) is 3. The lowest BCUT2D eigenvalue weighted by Crippen LogP contribution is -2.52. The minimum atomic E-state index is -0.697. The van der Waals surface area contributed by atoms with Crippen molar-refractivity contribution in [2.75, 3.05) is 58.9 Å². The highest BCUT2D eigenvalue weighted by Crippen LogP contribution is 2.35. The first-order valence-corrected chi connectivity index (χ1v) is 17.1. The van der Waals surface area contributed by atoms with Crippen LogP contribution in [-0.4, -0.2) is 90.9 Å². The molecule has 2 saturated heterocycles. The number of aromatic hydroxyl groups is 1. The van der Waals surface area contributed by atoms with Gasteiger partial charge in [0.15, 0.2) is 0 Å². The van der Waals surface area contributed by atoms with Crippen LogP contribution in [-0.2, 0) is 16.5 Å². The van der Waals surface area contributed by atoms with E-state index in [-0.39, 0.29) is 34.2 Å². The molecule has 9 nitrogen and oxygen atoms in total. The molecule has 270 valence electrons. The summed E-state index contributed by atoms with van der Waals surface area (Å²) >= 11 is 6.31. The van der Waals surface area contributed by atoms with Crippen LogP contribution in [0.2, 0.25) is 5.02 Å². The molecule has 2 fully saturated rings. The Labute approximate surface area is 300 Å². The maximum Gasteiger partial charge on any atom is 0.257 e. The highest BCUT2D eigenvalue weighted by molar-refractivity contribution is 6.31. The molecule has 0 unspecified atom stereocenters. The Morgan fingerprint density at radius 3 is 2.34 bits per heavy atom. The van der Waals surface area contributed by atoms with Crippen LogP contribution >= 0.6 is 11.6 Å². The van der Waals surface area contributed by atoms with Gasteiger partial charge in [-0.1, -0.05) is 50.3 Å². The van der Waals surface area contributed by atoms with Crippen LogP contribution in [0.15, 0.2) is 78.4 Å². The zero-order valence-electron chi connectivity index (χ0n) is 30.2. The summed E-state index contributed by atoms with van der Waals surface area (Å²) in [5, 5.41) is 12.3. The third kappa shape index (κ3) is 9.72. The van der Waals surface area contributed by atoms with Crippen molar-refractivity contribution in [3.63, 3.8) is 0 Å². The summed E-state index contributed by atoms with van der Waals surface area (Å²) in [7, 11) is 5.04. The number of aromatic nitrogens is 1. The third-order valence-electron chi connectivity index (χ3n) is 8.62. The molecule has 0 saturated carbocycles. The predicted octanol–water partition coefficient (Wildman–Crippen LogP) is 7.65. The summed E-state index contributed by atoms with van der Waals surface area (Å²) in [6, 6.07) is 10.4. The molecular formula is C39H50ClFN4O5. The largest absolute Gasteiger partial charge is 0.508 e. The van der Waals surface area contributed by atoms with E-state index in [1.54, 1.807) is 57.0 Å². The van der Waals surface area contributed by atoms with Gasteiger partial charge < -0.3 is 29.4 Å². The summed E-state index contributed by atoms with van der Waals surface area (Å²) in [4.78, 5) is 32.0. The number of nitrogens with one attached hydrogen (secondary N) is 1. The van der Waals surface area contributed by atoms with E-state index in [0.29, 0.717) is 60.9 Å². The van der Waals surface area contributed by atoms with Gasteiger partial charge in [0.1, 0.15) is 11.6 Å². The van der Waals surface area contributed by atoms with Crippen LogP contribution in [0.3, 0.4) is 0 Å². The number of phenolic OH excluding ortho intramolecular Hbond substituents is 1. The minimum absolute atomic E-state index is 0.0893. The Morgan fingerprint density at radius 1 is 1.10 bits per heavy atom. The number of anilines is 1. The number of amides is 2. The van der Waals surface area contributed by atoms with Crippen LogP contribution in [0.25, 0.3) is 11.3 Å². The Morgan fingerprint density at radius 2 is 1.74 bits per heavy atom. The summed E-state index contributed by atoms with van der Waals surface area (Å²) in [5.74, 6) is -1.29. The molecule has 11 heteroatoms. The number of methoxy groups -OCH3 is 1. The number of morpholine rings is 1. The van der Waals surface area contributed by atoms with Gasteiger partial charge in [-0.15, -0.1) is 0 Å². The average molecular weight is 709 g/mol. The van der Waals surface area contributed by atoms with Crippen LogP contribution in [0, 0.1) is 12.7 Å². The molecule has 2 N–H and O–H groups in total. The number of halogens is 2. The van der Waals surface area contributed by atoms with Crippen LogP contribution in [0.5, 0.6) is 5.75 Å². The molecular weight excluding hydrogens is 659 g/mol. The Bertz CT molecular complexity index is 1690. The normalized spacial score (nSPS) is 17.8. The number of phenols is 1. The van der Waals surface area contributed by atoms with Crippen molar-refractivity contribution in [2.24, 2.45) is 7.05 Å². The molecule has 2 aliphatic heterocycles. The van der Waals surface area contributed by atoms with Gasteiger partial charge in [-0.2, -0.15) is 0 Å². The maximum atomic E-state index is 15.1. The molecule has 1 atom stereocenters. The number of hydrogen-bond donors (Lipinski definition) is 2. The second-order valence-electron chi connectivity index (χ2n) is 11.8. The zero-order valence-corrected chi connectivity index (χ0v) is 30.9.